The molecule has 0 saturated heterocycles. The van der Waals surface area contributed by atoms with E-state index in [1.54, 1.807) is 12.3 Å². The van der Waals surface area contributed by atoms with E-state index in [0.29, 0.717) is 11.5 Å². The topological polar surface area (TPSA) is 108 Å². The zero-order valence-corrected chi connectivity index (χ0v) is 9.34. The number of rotatable bonds is 5. The first-order valence-corrected chi connectivity index (χ1v) is 5.22. The molecule has 0 spiro atoms. The number of hydrogen-bond donors (Lipinski definition) is 3. The van der Waals surface area contributed by atoms with Crippen LogP contribution in [0.4, 0.5) is 0 Å². The summed E-state index contributed by atoms with van der Waals surface area (Å²) in [5.74, 6) is -1.09. The molecule has 0 aromatic carbocycles. The van der Waals surface area contributed by atoms with Crippen LogP contribution in [0.1, 0.15) is 22.0 Å². The van der Waals surface area contributed by atoms with Gasteiger partial charge in [-0.15, -0.1) is 0 Å². The molecule has 0 saturated carbocycles. The molecule has 0 bridgehead atoms. The number of aromatic amines is 1. The first-order valence-electron chi connectivity index (χ1n) is 5.22. The van der Waals surface area contributed by atoms with E-state index in [9.17, 15) is 9.59 Å². The van der Waals surface area contributed by atoms with Crippen molar-refractivity contribution in [1.29, 1.82) is 0 Å². The normalized spacial score (nSPS) is 10.2. The summed E-state index contributed by atoms with van der Waals surface area (Å²) in [5, 5.41) is 17.7. The fourth-order valence-corrected chi connectivity index (χ4v) is 1.39. The van der Waals surface area contributed by atoms with E-state index >= 15 is 0 Å². The number of carboxylic acids is 1. The van der Waals surface area contributed by atoms with Crippen LogP contribution in [0, 0.1) is 0 Å². The molecule has 2 aromatic heterocycles. The van der Waals surface area contributed by atoms with Crippen molar-refractivity contribution in [3.63, 3.8) is 0 Å². The fraction of sp³-hybridized carbons (Fsp3) is 0.182. The van der Waals surface area contributed by atoms with Crippen molar-refractivity contribution < 1.29 is 19.1 Å². The summed E-state index contributed by atoms with van der Waals surface area (Å²) in [4.78, 5) is 22.1. The van der Waals surface area contributed by atoms with Crippen LogP contribution >= 0.6 is 0 Å². The maximum Gasteiger partial charge on any atom is 0.371 e. The van der Waals surface area contributed by atoms with E-state index in [1.807, 2.05) is 0 Å². The smallest absolute Gasteiger partial charge is 0.371 e. The van der Waals surface area contributed by atoms with Gasteiger partial charge in [-0.3, -0.25) is 9.89 Å². The fourth-order valence-electron chi connectivity index (χ4n) is 1.39. The number of furan rings is 1. The molecule has 2 rings (SSSR count). The van der Waals surface area contributed by atoms with Gasteiger partial charge in [-0.05, 0) is 18.2 Å². The van der Waals surface area contributed by atoms with Gasteiger partial charge in [-0.25, -0.2) is 4.79 Å². The van der Waals surface area contributed by atoms with Crippen molar-refractivity contribution in [1.82, 2.24) is 15.5 Å². The average Bonchev–Trinajstić information content (AvgIpc) is 2.96. The van der Waals surface area contributed by atoms with Crippen molar-refractivity contribution in [2.45, 2.75) is 13.0 Å². The lowest BCUT2D eigenvalue weighted by atomic mass is 10.3. The molecule has 3 N–H and O–H groups in total. The van der Waals surface area contributed by atoms with Gasteiger partial charge in [0, 0.05) is 11.9 Å². The second-order valence-electron chi connectivity index (χ2n) is 3.61. The lowest BCUT2D eigenvalue weighted by Crippen LogP contribution is -2.24. The Morgan fingerprint density at radius 3 is 2.83 bits per heavy atom. The lowest BCUT2D eigenvalue weighted by molar-refractivity contribution is -0.120. The Morgan fingerprint density at radius 1 is 1.39 bits per heavy atom. The van der Waals surface area contributed by atoms with Crippen LogP contribution in [-0.2, 0) is 17.8 Å². The zero-order chi connectivity index (χ0) is 13.0. The van der Waals surface area contributed by atoms with E-state index < -0.39 is 5.97 Å². The molecule has 0 atom stereocenters. The minimum absolute atomic E-state index is 0.146. The molecular formula is C11H11N3O4. The summed E-state index contributed by atoms with van der Waals surface area (Å²) >= 11 is 0. The number of amides is 1. The Labute approximate surface area is 102 Å². The molecular weight excluding hydrogens is 238 g/mol. The summed E-state index contributed by atoms with van der Waals surface area (Å²) in [6, 6.07) is 4.56. The van der Waals surface area contributed by atoms with Gasteiger partial charge in [0.1, 0.15) is 5.76 Å². The number of H-pyrrole nitrogens is 1. The molecule has 0 aliphatic carbocycles. The van der Waals surface area contributed by atoms with Gasteiger partial charge in [-0.1, -0.05) is 0 Å². The van der Waals surface area contributed by atoms with Gasteiger partial charge in [0.05, 0.1) is 13.0 Å². The lowest BCUT2D eigenvalue weighted by Gasteiger charge is -2.01. The van der Waals surface area contributed by atoms with E-state index in [1.165, 1.54) is 12.1 Å². The molecule has 1 amide bonds. The molecule has 0 aliphatic heterocycles. The summed E-state index contributed by atoms with van der Waals surface area (Å²) in [7, 11) is 0. The predicted octanol–water partition coefficient (Wildman–Crippen LogP) is 0.560. The van der Waals surface area contributed by atoms with Crippen LogP contribution in [0.2, 0.25) is 0 Å². The SMILES string of the molecule is O=C(Cc1ccn[nH]1)NCc1ccc(C(=O)O)o1. The van der Waals surface area contributed by atoms with Crippen molar-refractivity contribution >= 4 is 11.9 Å². The number of nitrogens with zero attached hydrogens (tertiary/aromatic N) is 1. The Morgan fingerprint density at radius 2 is 2.22 bits per heavy atom. The van der Waals surface area contributed by atoms with E-state index in [-0.39, 0.29) is 24.6 Å². The van der Waals surface area contributed by atoms with Gasteiger partial charge in [0.15, 0.2) is 0 Å². The third-order valence-electron chi connectivity index (χ3n) is 2.24. The van der Waals surface area contributed by atoms with Crippen LogP contribution < -0.4 is 5.32 Å². The minimum atomic E-state index is -1.13. The third-order valence-corrected chi connectivity index (χ3v) is 2.24. The second-order valence-corrected chi connectivity index (χ2v) is 3.61. The number of carbonyl (C=O) groups excluding carboxylic acids is 1. The molecule has 94 valence electrons. The number of aromatic nitrogens is 2. The number of nitrogens with one attached hydrogen (secondary N) is 2. The standard InChI is InChI=1S/C11H11N3O4/c15-10(5-7-3-4-13-14-7)12-6-8-1-2-9(18-8)11(16)17/h1-4H,5-6H2,(H,12,15)(H,13,14)(H,16,17). The Hall–Kier alpha value is -2.57. The quantitative estimate of drug-likeness (QED) is 0.717. The number of hydrogen-bond acceptors (Lipinski definition) is 4. The molecule has 0 unspecified atom stereocenters. The Bertz CT molecular complexity index is 544. The highest BCUT2D eigenvalue weighted by molar-refractivity contribution is 5.84. The zero-order valence-electron chi connectivity index (χ0n) is 9.34. The van der Waals surface area contributed by atoms with Crippen LogP contribution in [0.25, 0.3) is 0 Å². The summed E-state index contributed by atoms with van der Waals surface area (Å²) in [6.07, 6.45) is 1.75. The van der Waals surface area contributed by atoms with Crippen molar-refractivity contribution in [3.8, 4) is 0 Å². The van der Waals surface area contributed by atoms with Gasteiger partial charge in [0.25, 0.3) is 0 Å². The molecule has 0 fully saturated rings. The summed E-state index contributed by atoms with van der Waals surface area (Å²) < 4.78 is 5.00. The Kier molecular flexibility index (Phi) is 3.42. The molecule has 7 nitrogen and oxygen atoms in total. The molecule has 18 heavy (non-hydrogen) atoms. The summed E-state index contributed by atoms with van der Waals surface area (Å²) in [6.45, 7) is 0.153. The van der Waals surface area contributed by atoms with Crippen LogP contribution in [-0.4, -0.2) is 27.2 Å². The van der Waals surface area contributed by atoms with E-state index in [4.69, 9.17) is 9.52 Å². The summed E-state index contributed by atoms with van der Waals surface area (Å²) in [5.41, 5.74) is 0.707. The highest BCUT2D eigenvalue weighted by atomic mass is 16.4. The van der Waals surface area contributed by atoms with Gasteiger partial charge in [0.2, 0.25) is 11.7 Å². The van der Waals surface area contributed by atoms with Crippen LogP contribution in [0.5, 0.6) is 0 Å². The van der Waals surface area contributed by atoms with Gasteiger partial charge >= 0.3 is 5.97 Å². The van der Waals surface area contributed by atoms with Gasteiger partial charge < -0.3 is 14.8 Å². The van der Waals surface area contributed by atoms with E-state index in [2.05, 4.69) is 15.5 Å². The van der Waals surface area contributed by atoms with Crippen LogP contribution in [0.15, 0.2) is 28.8 Å². The first kappa shape index (κ1) is 11.9. The predicted molar refractivity (Wildman–Crippen MR) is 59.8 cm³/mol. The number of carbonyl (C=O) groups is 2. The number of carboxylic acid groups (broad SMARTS) is 1. The van der Waals surface area contributed by atoms with E-state index in [0.717, 1.165) is 0 Å². The third kappa shape index (κ3) is 2.97. The molecule has 0 radical (unpaired) electrons. The number of aromatic carboxylic acids is 1. The largest absolute Gasteiger partial charge is 0.475 e. The van der Waals surface area contributed by atoms with Crippen LogP contribution in [0.3, 0.4) is 0 Å². The van der Waals surface area contributed by atoms with Gasteiger partial charge in [-0.2, -0.15) is 5.10 Å². The molecule has 7 heteroatoms. The Balaban J connectivity index is 1.83. The highest BCUT2D eigenvalue weighted by Gasteiger charge is 2.10. The maximum atomic E-state index is 11.5. The van der Waals surface area contributed by atoms with Crippen molar-refractivity contribution in [2.75, 3.05) is 0 Å². The monoisotopic (exact) mass is 249 g/mol. The van der Waals surface area contributed by atoms with Crippen molar-refractivity contribution in [2.24, 2.45) is 0 Å². The second kappa shape index (κ2) is 5.17. The van der Waals surface area contributed by atoms with Crippen molar-refractivity contribution in [3.05, 3.63) is 41.6 Å². The first-order chi connectivity index (χ1) is 8.65. The molecule has 2 heterocycles. The molecule has 0 aliphatic rings. The highest BCUT2D eigenvalue weighted by Crippen LogP contribution is 2.07. The maximum absolute atomic E-state index is 11.5. The average molecular weight is 249 g/mol. The molecule has 2 aromatic rings. The minimum Gasteiger partial charge on any atom is -0.475 e.